The quantitative estimate of drug-likeness (QED) is 0.794. The molecule has 4 heteroatoms. The lowest BCUT2D eigenvalue weighted by Crippen LogP contribution is -2.13. The number of aromatic hydroxyl groups is 1. The van der Waals surface area contributed by atoms with E-state index in [1.165, 1.54) is 0 Å². The molecule has 0 spiro atoms. The van der Waals surface area contributed by atoms with Crippen molar-refractivity contribution in [3.8, 4) is 5.75 Å². The fourth-order valence-corrected chi connectivity index (χ4v) is 2.11. The van der Waals surface area contributed by atoms with Crippen molar-refractivity contribution in [2.45, 2.75) is 26.1 Å². The minimum absolute atomic E-state index is 0.144. The maximum absolute atomic E-state index is 12.0. The van der Waals surface area contributed by atoms with E-state index in [0.29, 0.717) is 6.61 Å². The highest BCUT2D eigenvalue weighted by Crippen LogP contribution is 2.24. The van der Waals surface area contributed by atoms with Crippen LogP contribution in [0.4, 0.5) is 0 Å². The van der Waals surface area contributed by atoms with E-state index in [1.54, 1.807) is 24.3 Å². The summed E-state index contributed by atoms with van der Waals surface area (Å²) in [5, 5.41) is 9.33. The van der Waals surface area contributed by atoms with E-state index in [4.69, 9.17) is 9.47 Å². The fourth-order valence-electron chi connectivity index (χ4n) is 2.11. The van der Waals surface area contributed by atoms with Gasteiger partial charge in [0, 0.05) is 6.61 Å². The summed E-state index contributed by atoms with van der Waals surface area (Å²) in [6.07, 6.45) is -0.222. The summed E-state index contributed by atoms with van der Waals surface area (Å²) >= 11 is 0. The average Bonchev–Trinajstić information content (AvgIpc) is 2.54. The number of phenolic OH excluding ortho intramolecular Hbond substituents is 1. The molecule has 2 rings (SSSR count). The van der Waals surface area contributed by atoms with Crippen molar-refractivity contribution in [1.29, 1.82) is 0 Å². The number of hydrogen-bond acceptors (Lipinski definition) is 4. The number of carbonyl (C=O) groups excluding carboxylic acids is 1. The lowest BCUT2D eigenvalue weighted by Gasteiger charge is -2.17. The molecule has 0 saturated carbocycles. The van der Waals surface area contributed by atoms with Gasteiger partial charge in [0.2, 0.25) is 0 Å². The topological polar surface area (TPSA) is 55.8 Å². The zero-order valence-electron chi connectivity index (χ0n) is 12.6. The molecule has 0 fully saturated rings. The second kappa shape index (κ2) is 8.20. The van der Waals surface area contributed by atoms with E-state index in [2.05, 4.69) is 0 Å². The Hall–Kier alpha value is -2.33. The van der Waals surface area contributed by atoms with Crippen molar-refractivity contribution in [3.63, 3.8) is 0 Å². The third-order valence-electron chi connectivity index (χ3n) is 3.23. The summed E-state index contributed by atoms with van der Waals surface area (Å²) in [5.74, 6) is -0.124. The smallest absolute Gasteiger partial charge is 0.309 e. The van der Waals surface area contributed by atoms with Crippen LogP contribution in [0.15, 0.2) is 54.6 Å². The second-order valence-electron chi connectivity index (χ2n) is 4.89. The van der Waals surface area contributed by atoms with Gasteiger partial charge in [0.05, 0.1) is 12.5 Å². The third-order valence-corrected chi connectivity index (χ3v) is 3.23. The summed E-state index contributed by atoms with van der Waals surface area (Å²) in [7, 11) is 0. The van der Waals surface area contributed by atoms with E-state index in [1.807, 2.05) is 37.3 Å². The lowest BCUT2D eigenvalue weighted by molar-refractivity contribution is -0.148. The van der Waals surface area contributed by atoms with Gasteiger partial charge in [0.1, 0.15) is 12.4 Å². The first-order valence-electron chi connectivity index (χ1n) is 7.29. The van der Waals surface area contributed by atoms with E-state index >= 15 is 0 Å². The number of rotatable bonds is 7. The zero-order chi connectivity index (χ0) is 15.8. The van der Waals surface area contributed by atoms with Gasteiger partial charge < -0.3 is 14.6 Å². The molecule has 0 saturated heterocycles. The molecule has 0 aliphatic carbocycles. The predicted octanol–water partition coefficient (Wildman–Crippen LogP) is 3.60. The van der Waals surface area contributed by atoms with Crippen molar-refractivity contribution >= 4 is 5.97 Å². The Balaban J connectivity index is 1.92. The Kier molecular flexibility index (Phi) is 5.98. The first-order valence-corrected chi connectivity index (χ1v) is 7.29. The molecule has 2 aromatic carbocycles. The summed E-state index contributed by atoms with van der Waals surface area (Å²) < 4.78 is 10.9. The molecule has 2 aromatic rings. The first kappa shape index (κ1) is 16.0. The maximum Gasteiger partial charge on any atom is 0.309 e. The van der Waals surface area contributed by atoms with Crippen LogP contribution in [0.1, 0.15) is 30.6 Å². The van der Waals surface area contributed by atoms with Gasteiger partial charge in [-0.05, 0) is 30.2 Å². The Morgan fingerprint density at radius 3 is 2.41 bits per heavy atom. The molecular weight excluding hydrogens is 280 g/mol. The van der Waals surface area contributed by atoms with Crippen molar-refractivity contribution in [2.75, 3.05) is 6.61 Å². The normalized spacial score (nSPS) is 11.9. The van der Waals surface area contributed by atoms with Crippen molar-refractivity contribution in [2.24, 2.45) is 0 Å². The lowest BCUT2D eigenvalue weighted by atomic mass is 10.1. The molecule has 0 bridgehead atoms. The van der Waals surface area contributed by atoms with Gasteiger partial charge in [-0.25, -0.2) is 0 Å². The zero-order valence-corrected chi connectivity index (χ0v) is 12.6. The number of hydrogen-bond donors (Lipinski definition) is 1. The van der Waals surface area contributed by atoms with Crippen LogP contribution in [-0.4, -0.2) is 17.7 Å². The first-order chi connectivity index (χ1) is 10.7. The standard InChI is InChI=1S/C18H20O4/c1-2-21-17(15-8-10-16(19)11-9-15)12-18(20)22-13-14-6-4-3-5-7-14/h3-11,17,19H,2,12-13H2,1H3. The van der Waals surface area contributed by atoms with Crippen LogP contribution < -0.4 is 0 Å². The highest BCUT2D eigenvalue weighted by Gasteiger charge is 2.17. The minimum atomic E-state index is -0.367. The van der Waals surface area contributed by atoms with Crippen LogP contribution in [0.3, 0.4) is 0 Å². The van der Waals surface area contributed by atoms with Crippen LogP contribution >= 0.6 is 0 Å². The molecule has 0 heterocycles. The van der Waals surface area contributed by atoms with Crippen LogP contribution in [0.5, 0.6) is 5.75 Å². The van der Waals surface area contributed by atoms with Crippen LogP contribution in [0, 0.1) is 0 Å². The summed E-state index contributed by atoms with van der Waals surface area (Å²) in [6.45, 7) is 2.63. The molecule has 0 aliphatic rings. The van der Waals surface area contributed by atoms with Crippen LogP contribution in [0.2, 0.25) is 0 Å². The molecule has 1 atom stereocenters. The SMILES string of the molecule is CCOC(CC(=O)OCc1ccccc1)c1ccc(O)cc1. The maximum atomic E-state index is 12.0. The molecule has 116 valence electrons. The predicted molar refractivity (Wildman–Crippen MR) is 83.3 cm³/mol. The summed E-state index contributed by atoms with van der Waals surface area (Å²) in [4.78, 5) is 12.0. The van der Waals surface area contributed by atoms with Gasteiger partial charge in [0.25, 0.3) is 0 Å². The summed E-state index contributed by atoms with van der Waals surface area (Å²) in [6, 6.07) is 16.2. The summed E-state index contributed by atoms with van der Waals surface area (Å²) in [5.41, 5.74) is 1.80. The Bertz CT molecular complexity index is 578. The minimum Gasteiger partial charge on any atom is -0.508 e. The third kappa shape index (κ3) is 4.90. The second-order valence-corrected chi connectivity index (χ2v) is 4.89. The van der Waals surface area contributed by atoms with Gasteiger partial charge >= 0.3 is 5.97 Å². The van der Waals surface area contributed by atoms with Gasteiger partial charge in [-0.2, -0.15) is 0 Å². The van der Waals surface area contributed by atoms with E-state index in [0.717, 1.165) is 11.1 Å². The van der Waals surface area contributed by atoms with Crippen molar-refractivity contribution < 1.29 is 19.4 Å². The number of carbonyl (C=O) groups is 1. The molecule has 0 aromatic heterocycles. The van der Waals surface area contributed by atoms with Gasteiger partial charge in [-0.1, -0.05) is 42.5 Å². The number of benzene rings is 2. The molecule has 0 amide bonds. The van der Waals surface area contributed by atoms with Crippen LogP contribution in [0.25, 0.3) is 0 Å². The Labute approximate surface area is 130 Å². The van der Waals surface area contributed by atoms with E-state index < -0.39 is 0 Å². The highest BCUT2D eigenvalue weighted by atomic mass is 16.5. The molecule has 4 nitrogen and oxygen atoms in total. The Morgan fingerprint density at radius 2 is 1.77 bits per heavy atom. The van der Waals surface area contributed by atoms with Gasteiger partial charge in [-0.3, -0.25) is 4.79 Å². The average molecular weight is 300 g/mol. The molecule has 1 unspecified atom stereocenters. The molecule has 22 heavy (non-hydrogen) atoms. The molecule has 0 radical (unpaired) electrons. The molecular formula is C18H20O4. The number of ether oxygens (including phenoxy) is 2. The highest BCUT2D eigenvalue weighted by molar-refractivity contribution is 5.70. The van der Waals surface area contributed by atoms with Gasteiger partial charge in [-0.15, -0.1) is 0 Å². The largest absolute Gasteiger partial charge is 0.508 e. The van der Waals surface area contributed by atoms with Crippen molar-refractivity contribution in [1.82, 2.24) is 0 Å². The monoisotopic (exact) mass is 300 g/mol. The molecule has 0 aliphatic heterocycles. The number of esters is 1. The van der Waals surface area contributed by atoms with E-state index in [-0.39, 0.29) is 30.9 Å². The van der Waals surface area contributed by atoms with Crippen molar-refractivity contribution in [3.05, 3.63) is 65.7 Å². The van der Waals surface area contributed by atoms with Crippen LogP contribution in [-0.2, 0) is 20.9 Å². The molecule has 1 N–H and O–H groups in total. The Morgan fingerprint density at radius 1 is 1.09 bits per heavy atom. The fraction of sp³-hybridized carbons (Fsp3) is 0.278. The van der Waals surface area contributed by atoms with Gasteiger partial charge in [0.15, 0.2) is 0 Å². The van der Waals surface area contributed by atoms with E-state index in [9.17, 15) is 9.90 Å². The number of phenols is 1.